The number of rotatable bonds is 5. The van der Waals surface area contributed by atoms with Crippen molar-refractivity contribution in [2.75, 3.05) is 19.8 Å². The van der Waals surface area contributed by atoms with Crippen LogP contribution in [0.4, 0.5) is 4.79 Å². The van der Waals surface area contributed by atoms with Crippen LogP contribution in [0.15, 0.2) is 23.1 Å². The van der Waals surface area contributed by atoms with Gasteiger partial charge in [0.1, 0.15) is 0 Å². The molecule has 106 valence electrons. The van der Waals surface area contributed by atoms with Gasteiger partial charge in [0.15, 0.2) is 0 Å². The van der Waals surface area contributed by atoms with Gasteiger partial charge in [0.2, 0.25) is 0 Å². The molecule has 1 aromatic rings. The fraction of sp³-hybridized carbons (Fsp3) is 0.500. The van der Waals surface area contributed by atoms with Gasteiger partial charge in [-0.1, -0.05) is 12.1 Å². The van der Waals surface area contributed by atoms with Gasteiger partial charge in [-0.25, -0.2) is 4.79 Å². The molecule has 1 aromatic carbocycles. The number of carbonyl (C=O) groups excluding carboxylic acids is 1. The molecule has 1 rings (SSSR count). The van der Waals surface area contributed by atoms with E-state index in [0.29, 0.717) is 13.1 Å². The van der Waals surface area contributed by atoms with Crippen molar-refractivity contribution in [1.29, 1.82) is 0 Å². The van der Waals surface area contributed by atoms with Crippen molar-refractivity contribution in [2.45, 2.75) is 31.4 Å². The summed E-state index contributed by atoms with van der Waals surface area (Å²) in [5.41, 5.74) is 2.30. The quantitative estimate of drug-likeness (QED) is 0.814. The van der Waals surface area contributed by atoms with E-state index in [1.54, 1.807) is 25.7 Å². The molecule has 0 heterocycles. The molecule has 0 saturated carbocycles. The highest BCUT2D eigenvalue weighted by Crippen LogP contribution is 2.20. The summed E-state index contributed by atoms with van der Waals surface area (Å²) in [6.45, 7) is 4.56. The first-order chi connectivity index (χ1) is 8.93. The van der Waals surface area contributed by atoms with E-state index in [4.69, 9.17) is 0 Å². The standard InChI is InChI=1S/C14H22N2O2S/c1-10-7-12(5-6-13(10)19-4)8-15-14(18)16(3)9-11(2)17/h5-7,11,17H,8-9H2,1-4H3,(H,15,18)/t11-/m0/s1. The van der Waals surface area contributed by atoms with E-state index in [0.717, 1.165) is 5.56 Å². The number of aliphatic hydroxyl groups is 1. The number of benzene rings is 1. The van der Waals surface area contributed by atoms with E-state index in [2.05, 4.69) is 30.6 Å². The predicted molar refractivity (Wildman–Crippen MR) is 79.5 cm³/mol. The number of aliphatic hydroxyl groups excluding tert-OH is 1. The first kappa shape index (κ1) is 15.9. The number of likely N-dealkylation sites (N-methyl/N-ethyl adjacent to an activating group) is 1. The Labute approximate surface area is 119 Å². The number of thioether (sulfide) groups is 1. The van der Waals surface area contributed by atoms with Crippen molar-refractivity contribution in [2.24, 2.45) is 0 Å². The molecule has 1 atom stereocenters. The first-order valence-electron chi connectivity index (χ1n) is 6.24. The number of hydrogen-bond donors (Lipinski definition) is 2. The van der Waals surface area contributed by atoms with Gasteiger partial charge in [-0.15, -0.1) is 11.8 Å². The smallest absolute Gasteiger partial charge is 0.317 e. The highest BCUT2D eigenvalue weighted by molar-refractivity contribution is 7.98. The second kappa shape index (κ2) is 7.40. The first-order valence-corrected chi connectivity index (χ1v) is 7.47. The zero-order valence-electron chi connectivity index (χ0n) is 11.9. The second-order valence-corrected chi connectivity index (χ2v) is 5.54. The Morgan fingerprint density at radius 2 is 2.21 bits per heavy atom. The van der Waals surface area contributed by atoms with E-state index in [-0.39, 0.29) is 6.03 Å². The van der Waals surface area contributed by atoms with Crippen LogP contribution in [-0.2, 0) is 6.54 Å². The zero-order valence-corrected chi connectivity index (χ0v) is 12.8. The average molecular weight is 282 g/mol. The topological polar surface area (TPSA) is 52.6 Å². The number of amides is 2. The molecule has 0 fully saturated rings. The van der Waals surface area contributed by atoms with Crippen molar-refractivity contribution < 1.29 is 9.90 Å². The van der Waals surface area contributed by atoms with Gasteiger partial charge in [-0.05, 0) is 37.3 Å². The summed E-state index contributed by atoms with van der Waals surface area (Å²) in [6.07, 6.45) is 1.54. The average Bonchev–Trinajstić information content (AvgIpc) is 2.35. The summed E-state index contributed by atoms with van der Waals surface area (Å²) in [5, 5.41) is 12.1. The Bertz CT molecular complexity index is 435. The van der Waals surface area contributed by atoms with Crippen LogP contribution < -0.4 is 5.32 Å². The van der Waals surface area contributed by atoms with Crippen LogP contribution >= 0.6 is 11.8 Å². The molecule has 0 unspecified atom stereocenters. The monoisotopic (exact) mass is 282 g/mol. The fourth-order valence-corrected chi connectivity index (χ4v) is 2.43. The van der Waals surface area contributed by atoms with Crippen LogP contribution in [0.1, 0.15) is 18.1 Å². The van der Waals surface area contributed by atoms with Crippen LogP contribution in [0, 0.1) is 6.92 Å². The molecule has 5 heteroatoms. The lowest BCUT2D eigenvalue weighted by Gasteiger charge is -2.19. The maximum absolute atomic E-state index is 11.8. The van der Waals surface area contributed by atoms with Crippen LogP contribution in [0.25, 0.3) is 0 Å². The predicted octanol–water partition coefficient (Wildman–Crippen LogP) is 2.24. The Balaban J connectivity index is 2.52. The Hall–Kier alpha value is -1.20. The lowest BCUT2D eigenvalue weighted by Crippen LogP contribution is -2.40. The van der Waals surface area contributed by atoms with Gasteiger partial charge < -0.3 is 15.3 Å². The second-order valence-electron chi connectivity index (χ2n) is 4.69. The molecule has 0 aromatic heterocycles. The lowest BCUT2D eigenvalue weighted by molar-refractivity contribution is 0.143. The van der Waals surface area contributed by atoms with Gasteiger partial charge >= 0.3 is 6.03 Å². The summed E-state index contributed by atoms with van der Waals surface area (Å²) in [5.74, 6) is 0. The van der Waals surface area contributed by atoms with E-state index in [1.165, 1.54) is 15.4 Å². The third-order valence-electron chi connectivity index (χ3n) is 2.79. The van der Waals surface area contributed by atoms with E-state index < -0.39 is 6.10 Å². The number of urea groups is 1. The molecule has 0 aliphatic carbocycles. The number of hydrogen-bond acceptors (Lipinski definition) is 3. The molecule has 4 nitrogen and oxygen atoms in total. The van der Waals surface area contributed by atoms with Crippen LogP contribution in [-0.4, -0.2) is 42.0 Å². The molecular formula is C14H22N2O2S. The maximum atomic E-state index is 11.8. The van der Waals surface area contributed by atoms with Gasteiger partial charge in [0, 0.05) is 25.0 Å². The van der Waals surface area contributed by atoms with Crippen molar-refractivity contribution in [3.05, 3.63) is 29.3 Å². The zero-order chi connectivity index (χ0) is 14.4. The van der Waals surface area contributed by atoms with Crippen molar-refractivity contribution in [3.63, 3.8) is 0 Å². The van der Waals surface area contributed by atoms with Gasteiger partial charge in [-0.3, -0.25) is 0 Å². The lowest BCUT2D eigenvalue weighted by atomic mass is 10.1. The van der Waals surface area contributed by atoms with Crippen molar-refractivity contribution in [1.82, 2.24) is 10.2 Å². The summed E-state index contributed by atoms with van der Waals surface area (Å²) in [4.78, 5) is 14.5. The van der Waals surface area contributed by atoms with E-state index >= 15 is 0 Å². The minimum Gasteiger partial charge on any atom is -0.392 e. The molecule has 0 spiro atoms. The minimum absolute atomic E-state index is 0.174. The highest BCUT2D eigenvalue weighted by Gasteiger charge is 2.10. The molecule has 2 amide bonds. The molecule has 2 N–H and O–H groups in total. The van der Waals surface area contributed by atoms with Gasteiger partial charge in [0.05, 0.1) is 6.10 Å². The Morgan fingerprint density at radius 3 is 2.74 bits per heavy atom. The molecule has 0 aliphatic heterocycles. The molecule has 0 aliphatic rings. The van der Waals surface area contributed by atoms with Crippen molar-refractivity contribution in [3.8, 4) is 0 Å². The Kier molecular flexibility index (Phi) is 6.18. The molecule has 0 radical (unpaired) electrons. The molecular weight excluding hydrogens is 260 g/mol. The third-order valence-corrected chi connectivity index (χ3v) is 3.69. The van der Waals surface area contributed by atoms with E-state index in [1.807, 2.05) is 6.07 Å². The fourth-order valence-electron chi connectivity index (χ4n) is 1.84. The maximum Gasteiger partial charge on any atom is 0.317 e. The molecule has 0 bridgehead atoms. The number of nitrogens with one attached hydrogen (secondary N) is 1. The summed E-state index contributed by atoms with van der Waals surface area (Å²) in [6, 6.07) is 6.00. The van der Waals surface area contributed by atoms with Crippen LogP contribution in [0.5, 0.6) is 0 Å². The Morgan fingerprint density at radius 1 is 1.53 bits per heavy atom. The SMILES string of the molecule is CSc1ccc(CNC(=O)N(C)C[C@H](C)O)cc1C. The molecule has 0 saturated heterocycles. The summed E-state index contributed by atoms with van der Waals surface area (Å²) < 4.78 is 0. The third kappa shape index (κ3) is 5.12. The molecule has 19 heavy (non-hydrogen) atoms. The number of nitrogens with zero attached hydrogens (tertiary/aromatic N) is 1. The van der Waals surface area contributed by atoms with E-state index in [9.17, 15) is 9.90 Å². The largest absolute Gasteiger partial charge is 0.392 e. The summed E-state index contributed by atoms with van der Waals surface area (Å²) in [7, 11) is 1.67. The number of carbonyl (C=O) groups is 1. The van der Waals surface area contributed by atoms with Gasteiger partial charge in [0.25, 0.3) is 0 Å². The number of aryl methyl sites for hydroxylation is 1. The van der Waals surface area contributed by atoms with Crippen LogP contribution in [0.2, 0.25) is 0 Å². The van der Waals surface area contributed by atoms with Crippen LogP contribution in [0.3, 0.4) is 0 Å². The summed E-state index contributed by atoms with van der Waals surface area (Å²) >= 11 is 1.72. The van der Waals surface area contributed by atoms with Gasteiger partial charge in [-0.2, -0.15) is 0 Å². The van der Waals surface area contributed by atoms with Crippen molar-refractivity contribution >= 4 is 17.8 Å². The normalized spacial score (nSPS) is 12.1. The highest BCUT2D eigenvalue weighted by atomic mass is 32.2. The minimum atomic E-state index is -0.515.